The Morgan fingerprint density at radius 3 is 2.69 bits per heavy atom. The van der Waals surface area contributed by atoms with Gasteiger partial charge in [0.25, 0.3) is 5.69 Å². The van der Waals surface area contributed by atoms with E-state index in [9.17, 15) is 19.7 Å². The van der Waals surface area contributed by atoms with Crippen LogP contribution in [0.2, 0.25) is 5.02 Å². The van der Waals surface area contributed by atoms with Crippen LogP contribution in [0.4, 0.5) is 5.69 Å². The molecule has 0 N–H and O–H groups in total. The molecule has 1 amide bonds. The van der Waals surface area contributed by atoms with Crippen LogP contribution in [0.5, 0.6) is 0 Å². The monoisotopic (exact) mass is 499 g/mol. The van der Waals surface area contributed by atoms with E-state index in [0.717, 1.165) is 0 Å². The third-order valence-electron chi connectivity index (χ3n) is 5.46. The summed E-state index contributed by atoms with van der Waals surface area (Å²) in [6.45, 7) is 4.11. The van der Waals surface area contributed by atoms with Gasteiger partial charge in [0.1, 0.15) is 0 Å². The number of amides is 1. The van der Waals surface area contributed by atoms with Crippen molar-refractivity contribution in [3.8, 4) is 11.5 Å². The average molecular weight is 500 g/mol. The second-order valence-corrected chi connectivity index (χ2v) is 8.54. The highest BCUT2D eigenvalue weighted by atomic mass is 35.5. The average Bonchev–Trinajstić information content (AvgIpc) is 3.41. The third-order valence-corrected chi connectivity index (χ3v) is 5.79. The van der Waals surface area contributed by atoms with E-state index in [-0.39, 0.29) is 54.5 Å². The number of benzene rings is 2. The number of hydrogen-bond acceptors (Lipinski definition) is 8. The predicted octanol–water partition coefficient (Wildman–Crippen LogP) is 4.42. The zero-order valence-corrected chi connectivity index (χ0v) is 19.8. The molecule has 0 bridgehead atoms. The molecule has 0 spiro atoms. The molecule has 0 fully saturated rings. The first-order chi connectivity index (χ1) is 16.7. The van der Waals surface area contributed by atoms with Crippen molar-refractivity contribution >= 4 is 34.3 Å². The predicted molar refractivity (Wildman–Crippen MR) is 127 cm³/mol. The molecule has 2 aromatic heterocycles. The van der Waals surface area contributed by atoms with Crippen LogP contribution in [0.3, 0.4) is 0 Å². The van der Waals surface area contributed by atoms with Gasteiger partial charge >= 0.3 is 5.76 Å². The smallest absolute Gasteiger partial charge is 0.419 e. The molecule has 0 aliphatic rings. The molecular formula is C23H22ClN5O6. The van der Waals surface area contributed by atoms with Gasteiger partial charge in [0.2, 0.25) is 17.7 Å². The van der Waals surface area contributed by atoms with E-state index in [2.05, 4.69) is 10.2 Å². The first-order valence-corrected chi connectivity index (χ1v) is 11.3. The number of fused-ring (bicyclic) bond motifs is 1. The van der Waals surface area contributed by atoms with Crippen molar-refractivity contribution in [1.29, 1.82) is 0 Å². The summed E-state index contributed by atoms with van der Waals surface area (Å²) in [5.74, 6) is -0.227. The molecule has 0 unspecified atom stereocenters. The van der Waals surface area contributed by atoms with Gasteiger partial charge in [-0.05, 0) is 38.5 Å². The highest BCUT2D eigenvalue weighted by Gasteiger charge is 2.21. The number of oxazole rings is 1. The van der Waals surface area contributed by atoms with Crippen LogP contribution >= 0.6 is 11.6 Å². The molecule has 2 heterocycles. The Hall–Kier alpha value is -3.99. The van der Waals surface area contributed by atoms with E-state index in [1.807, 2.05) is 19.9 Å². The minimum absolute atomic E-state index is 0.129. The van der Waals surface area contributed by atoms with Crippen molar-refractivity contribution < 1.29 is 18.6 Å². The van der Waals surface area contributed by atoms with Gasteiger partial charge in [-0.15, -0.1) is 10.2 Å². The maximum Gasteiger partial charge on any atom is 0.419 e. The van der Waals surface area contributed by atoms with E-state index in [4.69, 9.17) is 20.4 Å². The summed E-state index contributed by atoms with van der Waals surface area (Å²) in [5, 5.41) is 19.5. The number of nitro groups is 1. The van der Waals surface area contributed by atoms with E-state index < -0.39 is 10.7 Å². The van der Waals surface area contributed by atoms with Crippen molar-refractivity contribution in [2.24, 2.45) is 0 Å². The lowest BCUT2D eigenvalue weighted by Gasteiger charge is -2.25. The van der Waals surface area contributed by atoms with Crippen LogP contribution in [0.1, 0.15) is 32.6 Å². The number of carbonyl (C=O) groups is 1. The number of non-ortho nitro benzene ring substituents is 1. The van der Waals surface area contributed by atoms with E-state index in [0.29, 0.717) is 22.5 Å². The Morgan fingerprint density at radius 1 is 1.20 bits per heavy atom. The van der Waals surface area contributed by atoms with Crippen molar-refractivity contribution in [3.05, 3.63) is 74.0 Å². The van der Waals surface area contributed by atoms with Crippen molar-refractivity contribution in [3.63, 3.8) is 0 Å². The Kier molecular flexibility index (Phi) is 6.97. The minimum Gasteiger partial charge on any atom is -0.419 e. The second kappa shape index (κ2) is 10.1. The van der Waals surface area contributed by atoms with Gasteiger partial charge in [-0.2, -0.15) is 0 Å². The number of carbonyl (C=O) groups excluding carboxylic acids is 1. The lowest BCUT2D eigenvalue weighted by atomic mass is 10.2. The van der Waals surface area contributed by atoms with Crippen LogP contribution in [0.25, 0.3) is 22.6 Å². The molecule has 12 heteroatoms. The second-order valence-electron chi connectivity index (χ2n) is 8.13. The number of nitro benzene ring substituents is 1. The van der Waals surface area contributed by atoms with Crippen molar-refractivity contribution in [2.45, 2.75) is 45.8 Å². The topological polar surface area (TPSA) is 138 Å². The quantitative estimate of drug-likeness (QED) is 0.243. The van der Waals surface area contributed by atoms with Crippen LogP contribution in [0, 0.1) is 10.1 Å². The standard InChI is InChI=1S/C23H22ClN5O6/c1-14(2)28(13-20-25-26-22(35-20)16-6-3-4-7-17(16)24)21(30)8-5-11-27-18-10-9-15(29(32)33)12-19(18)34-23(27)31/h3-4,6-7,9-10,12,14H,5,8,11,13H2,1-2H3. The summed E-state index contributed by atoms with van der Waals surface area (Å²) >= 11 is 6.19. The fourth-order valence-electron chi connectivity index (χ4n) is 3.68. The minimum atomic E-state index is -0.633. The van der Waals surface area contributed by atoms with Gasteiger partial charge in [-0.25, -0.2) is 4.79 Å². The highest BCUT2D eigenvalue weighted by molar-refractivity contribution is 6.33. The van der Waals surface area contributed by atoms with Gasteiger partial charge in [-0.1, -0.05) is 23.7 Å². The largest absolute Gasteiger partial charge is 0.419 e. The fourth-order valence-corrected chi connectivity index (χ4v) is 3.89. The molecule has 11 nitrogen and oxygen atoms in total. The zero-order valence-electron chi connectivity index (χ0n) is 19.0. The number of hydrogen-bond donors (Lipinski definition) is 0. The molecular weight excluding hydrogens is 478 g/mol. The zero-order chi connectivity index (χ0) is 25.1. The SMILES string of the molecule is CC(C)N(Cc1nnc(-c2ccccc2Cl)o1)C(=O)CCCn1c(=O)oc2cc([N+](=O)[O-])ccc21. The molecule has 4 rings (SSSR count). The van der Waals surface area contributed by atoms with E-state index >= 15 is 0 Å². The summed E-state index contributed by atoms with van der Waals surface area (Å²) in [7, 11) is 0. The van der Waals surface area contributed by atoms with Gasteiger partial charge in [-0.3, -0.25) is 19.5 Å². The fraction of sp³-hybridized carbons (Fsp3) is 0.304. The molecule has 0 radical (unpaired) electrons. The van der Waals surface area contributed by atoms with Crippen LogP contribution < -0.4 is 5.76 Å². The molecule has 4 aromatic rings. The number of aromatic nitrogens is 3. The Balaban J connectivity index is 1.41. The maximum atomic E-state index is 12.9. The van der Waals surface area contributed by atoms with Crippen molar-refractivity contribution in [2.75, 3.05) is 0 Å². The van der Waals surface area contributed by atoms with Gasteiger partial charge in [0.05, 0.1) is 33.6 Å². The molecule has 0 saturated heterocycles. The third kappa shape index (κ3) is 5.24. The highest BCUT2D eigenvalue weighted by Crippen LogP contribution is 2.27. The van der Waals surface area contributed by atoms with Crippen LogP contribution in [-0.2, 0) is 17.9 Å². The molecule has 182 valence electrons. The Labute approximate surface area is 204 Å². The molecule has 0 aliphatic heterocycles. The van der Waals surface area contributed by atoms with E-state index in [1.165, 1.54) is 22.8 Å². The summed E-state index contributed by atoms with van der Waals surface area (Å²) in [6.07, 6.45) is 0.526. The normalized spacial score (nSPS) is 11.3. The Bertz CT molecular complexity index is 1440. The van der Waals surface area contributed by atoms with Gasteiger partial charge in [0, 0.05) is 25.1 Å². The number of halogens is 1. The van der Waals surface area contributed by atoms with E-state index in [1.54, 1.807) is 23.1 Å². The van der Waals surface area contributed by atoms with Gasteiger partial charge in [0.15, 0.2) is 5.58 Å². The summed E-state index contributed by atoms with van der Waals surface area (Å²) in [6, 6.07) is 11.0. The summed E-state index contributed by atoms with van der Waals surface area (Å²) < 4.78 is 12.2. The lowest BCUT2D eigenvalue weighted by molar-refractivity contribution is -0.384. The number of nitrogens with zero attached hydrogens (tertiary/aromatic N) is 5. The first kappa shape index (κ1) is 24.1. The summed E-state index contributed by atoms with van der Waals surface area (Å²) in [5.41, 5.74) is 1.01. The maximum absolute atomic E-state index is 12.9. The van der Waals surface area contributed by atoms with Gasteiger partial charge < -0.3 is 13.7 Å². The Morgan fingerprint density at radius 2 is 1.97 bits per heavy atom. The molecule has 0 saturated carbocycles. The molecule has 0 atom stereocenters. The number of rotatable bonds is 9. The first-order valence-electron chi connectivity index (χ1n) is 10.9. The van der Waals surface area contributed by atoms with Crippen LogP contribution in [0.15, 0.2) is 56.1 Å². The summed E-state index contributed by atoms with van der Waals surface area (Å²) in [4.78, 5) is 37.2. The molecule has 0 aliphatic carbocycles. The van der Waals surface area contributed by atoms with Crippen molar-refractivity contribution in [1.82, 2.24) is 19.7 Å². The molecule has 2 aromatic carbocycles. The molecule has 35 heavy (non-hydrogen) atoms. The number of aryl methyl sites for hydroxylation is 1. The van der Waals surface area contributed by atoms with Crippen LogP contribution in [-0.4, -0.2) is 36.5 Å². The lowest BCUT2D eigenvalue weighted by Crippen LogP contribution is -2.36.